The van der Waals surface area contributed by atoms with Gasteiger partial charge in [0, 0.05) is 19.6 Å². The van der Waals surface area contributed by atoms with Gasteiger partial charge in [0.05, 0.1) is 6.61 Å². The van der Waals surface area contributed by atoms with Gasteiger partial charge in [0.1, 0.15) is 6.61 Å². The molecule has 4 nitrogen and oxygen atoms in total. The molecule has 0 aromatic rings. The topological polar surface area (TPSA) is 55.6 Å². The van der Waals surface area contributed by atoms with Crippen LogP contribution in [0.25, 0.3) is 0 Å². The number of ether oxygens (including phenoxy) is 1. The zero-order valence-electron chi connectivity index (χ0n) is 9.86. The van der Waals surface area contributed by atoms with Gasteiger partial charge in [-0.15, -0.1) is 0 Å². The highest BCUT2D eigenvalue weighted by Crippen LogP contribution is 2.06. The van der Waals surface area contributed by atoms with E-state index in [1.807, 2.05) is 7.05 Å². The SMILES string of the molecule is CSCCC(C)N(C)C(=O)COCCN. The molecule has 5 heteroatoms. The van der Waals surface area contributed by atoms with Crippen molar-refractivity contribution >= 4 is 17.7 Å². The molecule has 0 aliphatic heterocycles. The van der Waals surface area contributed by atoms with Crippen LogP contribution < -0.4 is 5.73 Å². The Morgan fingerprint density at radius 2 is 2.27 bits per heavy atom. The van der Waals surface area contributed by atoms with Crippen LogP contribution in [-0.4, -0.2) is 55.7 Å². The molecule has 0 bridgehead atoms. The highest BCUT2D eigenvalue weighted by Gasteiger charge is 2.14. The summed E-state index contributed by atoms with van der Waals surface area (Å²) < 4.78 is 5.10. The number of nitrogens with two attached hydrogens (primary N) is 1. The van der Waals surface area contributed by atoms with Crippen molar-refractivity contribution in [2.45, 2.75) is 19.4 Å². The summed E-state index contributed by atoms with van der Waals surface area (Å²) >= 11 is 1.79. The fourth-order valence-corrected chi connectivity index (χ4v) is 1.65. The molecule has 1 atom stereocenters. The molecule has 0 rings (SSSR count). The van der Waals surface area contributed by atoms with E-state index >= 15 is 0 Å². The number of hydrogen-bond donors (Lipinski definition) is 1. The molecule has 0 radical (unpaired) electrons. The second kappa shape index (κ2) is 9.00. The van der Waals surface area contributed by atoms with E-state index in [0.29, 0.717) is 13.2 Å². The van der Waals surface area contributed by atoms with Crippen LogP contribution in [0, 0.1) is 0 Å². The normalized spacial score (nSPS) is 12.5. The van der Waals surface area contributed by atoms with Gasteiger partial charge in [-0.1, -0.05) is 0 Å². The van der Waals surface area contributed by atoms with Crippen molar-refractivity contribution < 1.29 is 9.53 Å². The maximum absolute atomic E-state index is 11.6. The van der Waals surface area contributed by atoms with Crippen molar-refractivity contribution in [3.05, 3.63) is 0 Å². The minimum atomic E-state index is 0.0250. The van der Waals surface area contributed by atoms with Crippen LogP contribution in [0.3, 0.4) is 0 Å². The van der Waals surface area contributed by atoms with Gasteiger partial charge in [-0.3, -0.25) is 4.79 Å². The quantitative estimate of drug-likeness (QED) is 0.624. The maximum Gasteiger partial charge on any atom is 0.248 e. The van der Waals surface area contributed by atoms with Crippen LogP contribution in [0.1, 0.15) is 13.3 Å². The average Bonchev–Trinajstić information content (AvgIpc) is 2.24. The number of thioether (sulfide) groups is 1. The molecule has 0 spiro atoms. The van der Waals surface area contributed by atoms with Gasteiger partial charge in [-0.25, -0.2) is 0 Å². The van der Waals surface area contributed by atoms with Crippen molar-refractivity contribution in [2.75, 3.05) is 38.8 Å². The lowest BCUT2D eigenvalue weighted by molar-refractivity contribution is -0.136. The van der Waals surface area contributed by atoms with Gasteiger partial charge in [-0.05, 0) is 25.4 Å². The summed E-state index contributed by atoms with van der Waals surface area (Å²) in [5.74, 6) is 1.10. The Kier molecular flexibility index (Phi) is 8.85. The minimum absolute atomic E-state index is 0.0250. The smallest absolute Gasteiger partial charge is 0.248 e. The largest absolute Gasteiger partial charge is 0.370 e. The lowest BCUT2D eigenvalue weighted by Gasteiger charge is -2.24. The van der Waals surface area contributed by atoms with E-state index in [-0.39, 0.29) is 18.6 Å². The van der Waals surface area contributed by atoms with Gasteiger partial charge < -0.3 is 15.4 Å². The van der Waals surface area contributed by atoms with E-state index < -0.39 is 0 Å². The van der Waals surface area contributed by atoms with Crippen molar-refractivity contribution in [1.82, 2.24) is 4.90 Å². The molecular formula is C10H22N2O2S. The molecule has 0 aromatic heterocycles. The van der Waals surface area contributed by atoms with Gasteiger partial charge in [0.25, 0.3) is 0 Å². The highest BCUT2D eigenvalue weighted by molar-refractivity contribution is 7.98. The number of amides is 1. The van der Waals surface area contributed by atoms with Crippen LogP contribution in [0.2, 0.25) is 0 Å². The van der Waals surface area contributed by atoms with E-state index in [2.05, 4.69) is 13.2 Å². The van der Waals surface area contributed by atoms with Gasteiger partial charge >= 0.3 is 0 Å². The van der Waals surface area contributed by atoms with E-state index in [9.17, 15) is 4.79 Å². The third-order valence-corrected chi connectivity index (χ3v) is 2.93. The van der Waals surface area contributed by atoms with Gasteiger partial charge in [-0.2, -0.15) is 11.8 Å². The summed E-state index contributed by atoms with van der Waals surface area (Å²) in [6.07, 6.45) is 3.08. The molecular weight excluding hydrogens is 212 g/mol. The molecule has 2 N–H and O–H groups in total. The molecule has 15 heavy (non-hydrogen) atoms. The first-order valence-corrected chi connectivity index (χ1v) is 6.55. The Morgan fingerprint density at radius 1 is 1.60 bits per heavy atom. The maximum atomic E-state index is 11.6. The average molecular weight is 234 g/mol. The molecule has 90 valence electrons. The summed E-state index contributed by atoms with van der Waals surface area (Å²) in [5, 5.41) is 0. The molecule has 0 fully saturated rings. The Balaban J connectivity index is 3.75. The Labute approximate surface area is 96.5 Å². The lowest BCUT2D eigenvalue weighted by atomic mass is 10.2. The summed E-state index contributed by atoms with van der Waals surface area (Å²) in [6.45, 7) is 3.09. The standard InChI is InChI=1S/C10H22N2O2S/c1-9(4-7-15-3)12(2)10(13)8-14-6-5-11/h9H,4-8,11H2,1-3H3. The number of carbonyl (C=O) groups is 1. The zero-order valence-corrected chi connectivity index (χ0v) is 10.7. The number of rotatable bonds is 8. The van der Waals surface area contributed by atoms with Crippen LogP contribution in [0.5, 0.6) is 0 Å². The van der Waals surface area contributed by atoms with Crippen molar-refractivity contribution in [1.29, 1.82) is 0 Å². The molecule has 0 aliphatic carbocycles. The molecule has 1 amide bonds. The fourth-order valence-electron chi connectivity index (χ4n) is 1.07. The number of hydrogen-bond acceptors (Lipinski definition) is 4. The highest BCUT2D eigenvalue weighted by atomic mass is 32.2. The fraction of sp³-hybridized carbons (Fsp3) is 0.900. The summed E-state index contributed by atoms with van der Waals surface area (Å²) in [5.41, 5.74) is 5.26. The lowest BCUT2D eigenvalue weighted by Crippen LogP contribution is -2.38. The second-order valence-corrected chi connectivity index (χ2v) is 4.46. The summed E-state index contributed by atoms with van der Waals surface area (Å²) in [4.78, 5) is 13.3. The van der Waals surface area contributed by atoms with E-state index in [4.69, 9.17) is 10.5 Å². The first-order valence-electron chi connectivity index (χ1n) is 5.15. The van der Waals surface area contributed by atoms with Crippen LogP contribution in [0.4, 0.5) is 0 Å². The Hall–Kier alpha value is -0.260. The van der Waals surface area contributed by atoms with Gasteiger partial charge in [0.2, 0.25) is 5.91 Å². The first kappa shape index (κ1) is 14.7. The van der Waals surface area contributed by atoms with Crippen LogP contribution in [0.15, 0.2) is 0 Å². The number of carbonyl (C=O) groups excluding carboxylic acids is 1. The van der Waals surface area contributed by atoms with E-state index in [0.717, 1.165) is 12.2 Å². The van der Waals surface area contributed by atoms with E-state index in [1.165, 1.54) is 0 Å². The van der Waals surface area contributed by atoms with Crippen molar-refractivity contribution in [3.8, 4) is 0 Å². The molecule has 0 saturated carbocycles. The Morgan fingerprint density at radius 3 is 2.80 bits per heavy atom. The predicted octanol–water partition coefficient (Wildman–Crippen LogP) is 0.562. The third kappa shape index (κ3) is 6.76. The monoisotopic (exact) mass is 234 g/mol. The molecule has 0 saturated heterocycles. The Bertz CT molecular complexity index is 179. The molecule has 0 heterocycles. The molecule has 1 unspecified atom stereocenters. The number of nitrogens with zero attached hydrogens (tertiary/aromatic N) is 1. The van der Waals surface area contributed by atoms with Gasteiger partial charge in [0.15, 0.2) is 0 Å². The van der Waals surface area contributed by atoms with E-state index in [1.54, 1.807) is 16.7 Å². The minimum Gasteiger partial charge on any atom is -0.370 e. The van der Waals surface area contributed by atoms with Crippen LogP contribution in [-0.2, 0) is 9.53 Å². The predicted molar refractivity (Wildman–Crippen MR) is 65.1 cm³/mol. The second-order valence-electron chi connectivity index (χ2n) is 3.48. The summed E-state index contributed by atoms with van der Waals surface area (Å²) in [6, 6.07) is 0.270. The zero-order chi connectivity index (χ0) is 11.7. The number of likely N-dealkylation sites (N-methyl/N-ethyl adjacent to an activating group) is 1. The molecule has 0 aromatic carbocycles. The van der Waals surface area contributed by atoms with Crippen LogP contribution >= 0.6 is 11.8 Å². The molecule has 0 aliphatic rings. The van der Waals surface area contributed by atoms with Crippen molar-refractivity contribution in [2.24, 2.45) is 5.73 Å². The summed E-state index contributed by atoms with van der Waals surface area (Å²) in [7, 11) is 1.82. The first-order chi connectivity index (χ1) is 7.13. The third-order valence-electron chi connectivity index (χ3n) is 2.28. The van der Waals surface area contributed by atoms with Crippen molar-refractivity contribution in [3.63, 3.8) is 0 Å².